The fourth-order valence-corrected chi connectivity index (χ4v) is 4.01. The second-order valence-electron chi connectivity index (χ2n) is 9.67. The van der Waals surface area contributed by atoms with Crippen LogP contribution < -0.4 is 5.32 Å². The molecule has 0 bridgehead atoms. The molecule has 1 saturated heterocycles. The Morgan fingerprint density at radius 3 is 2.29 bits per heavy atom. The molecule has 0 radical (unpaired) electrons. The van der Waals surface area contributed by atoms with Gasteiger partial charge in [-0.05, 0) is 58.0 Å². The lowest BCUT2D eigenvalue weighted by Crippen LogP contribution is -2.51. The maximum atomic E-state index is 13.2. The molecule has 0 spiro atoms. The van der Waals surface area contributed by atoms with Gasteiger partial charge in [0, 0.05) is 49.0 Å². The smallest absolute Gasteiger partial charge is 0.412 e. The minimum atomic E-state index is -0.588. The number of piperazine rings is 1. The molecular formula is C26H31N5O4. The molecule has 35 heavy (non-hydrogen) atoms. The fourth-order valence-electron chi connectivity index (χ4n) is 4.01. The van der Waals surface area contributed by atoms with Gasteiger partial charge >= 0.3 is 6.09 Å². The van der Waals surface area contributed by atoms with Crippen molar-refractivity contribution in [3.8, 4) is 0 Å². The summed E-state index contributed by atoms with van der Waals surface area (Å²) >= 11 is 0. The summed E-state index contributed by atoms with van der Waals surface area (Å²) in [7, 11) is 0. The summed E-state index contributed by atoms with van der Waals surface area (Å²) in [6.07, 6.45) is 1.27. The van der Waals surface area contributed by atoms with Crippen molar-refractivity contribution in [3.63, 3.8) is 0 Å². The van der Waals surface area contributed by atoms with Gasteiger partial charge in [-0.3, -0.25) is 19.6 Å². The van der Waals surface area contributed by atoms with E-state index >= 15 is 0 Å². The SMILES string of the molecule is CC(C(=O)N1CCN(C(=O)c2ccccc2)CC1)n1cc2cc(NC(=O)OC(C)(C)C)ccc2n1. The highest BCUT2D eigenvalue weighted by Crippen LogP contribution is 2.22. The summed E-state index contributed by atoms with van der Waals surface area (Å²) in [5.41, 5.74) is 1.38. The van der Waals surface area contributed by atoms with Crippen molar-refractivity contribution in [3.05, 3.63) is 60.3 Å². The van der Waals surface area contributed by atoms with Crippen LogP contribution in [0.3, 0.4) is 0 Å². The first-order valence-electron chi connectivity index (χ1n) is 11.7. The zero-order chi connectivity index (χ0) is 25.2. The Hall–Kier alpha value is -3.88. The number of anilines is 1. The minimum Gasteiger partial charge on any atom is -0.444 e. The van der Waals surface area contributed by atoms with E-state index in [4.69, 9.17) is 4.74 Å². The van der Waals surface area contributed by atoms with Crippen molar-refractivity contribution in [1.29, 1.82) is 0 Å². The lowest BCUT2D eigenvalue weighted by molar-refractivity contribution is -0.136. The second-order valence-corrected chi connectivity index (χ2v) is 9.67. The normalized spacial score (nSPS) is 15.1. The van der Waals surface area contributed by atoms with E-state index in [9.17, 15) is 14.4 Å². The van der Waals surface area contributed by atoms with Crippen LogP contribution in [0.5, 0.6) is 0 Å². The molecule has 1 aromatic heterocycles. The number of nitrogens with zero attached hydrogens (tertiary/aromatic N) is 4. The summed E-state index contributed by atoms with van der Waals surface area (Å²) in [5, 5.41) is 8.08. The van der Waals surface area contributed by atoms with Crippen LogP contribution in [0.1, 0.15) is 44.1 Å². The highest BCUT2D eigenvalue weighted by Gasteiger charge is 2.28. The molecule has 1 unspecified atom stereocenters. The van der Waals surface area contributed by atoms with E-state index in [0.717, 1.165) is 10.9 Å². The van der Waals surface area contributed by atoms with Gasteiger partial charge < -0.3 is 14.5 Å². The molecule has 0 saturated carbocycles. The van der Waals surface area contributed by atoms with E-state index < -0.39 is 17.7 Å². The van der Waals surface area contributed by atoms with Crippen LogP contribution in [-0.4, -0.2) is 69.3 Å². The van der Waals surface area contributed by atoms with E-state index in [-0.39, 0.29) is 11.8 Å². The fraction of sp³-hybridized carbons (Fsp3) is 0.385. The number of rotatable bonds is 4. The number of amides is 3. The summed E-state index contributed by atoms with van der Waals surface area (Å²) in [4.78, 5) is 41.4. The van der Waals surface area contributed by atoms with E-state index in [2.05, 4.69) is 10.4 Å². The number of hydrogen-bond acceptors (Lipinski definition) is 5. The number of aromatic nitrogens is 2. The van der Waals surface area contributed by atoms with Crippen LogP contribution >= 0.6 is 0 Å². The molecule has 9 heteroatoms. The van der Waals surface area contributed by atoms with Crippen molar-refractivity contribution in [1.82, 2.24) is 19.6 Å². The topological polar surface area (TPSA) is 96.8 Å². The number of carbonyl (C=O) groups excluding carboxylic acids is 3. The first kappa shape index (κ1) is 24.3. The van der Waals surface area contributed by atoms with Crippen LogP contribution in [0.4, 0.5) is 10.5 Å². The van der Waals surface area contributed by atoms with Crippen LogP contribution in [-0.2, 0) is 9.53 Å². The monoisotopic (exact) mass is 477 g/mol. The van der Waals surface area contributed by atoms with Gasteiger partial charge in [-0.1, -0.05) is 18.2 Å². The molecule has 1 aliphatic heterocycles. The van der Waals surface area contributed by atoms with Gasteiger partial charge in [0.1, 0.15) is 11.6 Å². The molecule has 184 valence electrons. The second kappa shape index (κ2) is 9.77. The molecular weight excluding hydrogens is 446 g/mol. The van der Waals surface area contributed by atoms with E-state index in [1.54, 1.807) is 71.8 Å². The number of benzene rings is 2. The molecule has 1 fully saturated rings. The standard InChI is InChI=1S/C26H31N5O4/c1-18(23(32)29-12-14-30(15-13-29)24(33)19-8-6-5-7-9-19)31-17-20-16-21(10-11-22(20)28-31)27-25(34)35-26(2,3)4/h5-11,16-18H,12-15H2,1-4H3,(H,27,34). The van der Waals surface area contributed by atoms with E-state index in [0.29, 0.717) is 37.4 Å². The third-order valence-corrected chi connectivity index (χ3v) is 5.82. The molecule has 1 N–H and O–H groups in total. The van der Waals surface area contributed by atoms with Gasteiger partial charge in [-0.2, -0.15) is 5.10 Å². The molecule has 2 heterocycles. The largest absolute Gasteiger partial charge is 0.444 e. The Labute approximate surface area is 204 Å². The number of hydrogen-bond donors (Lipinski definition) is 1. The Kier molecular flexibility index (Phi) is 6.77. The third-order valence-electron chi connectivity index (χ3n) is 5.82. The van der Waals surface area contributed by atoms with Crippen LogP contribution in [0.15, 0.2) is 54.7 Å². The molecule has 2 aromatic carbocycles. The van der Waals surface area contributed by atoms with Gasteiger partial charge in [0.25, 0.3) is 5.91 Å². The zero-order valence-corrected chi connectivity index (χ0v) is 20.5. The summed E-state index contributed by atoms with van der Waals surface area (Å²) in [6, 6.07) is 14.0. The highest BCUT2D eigenvalue weighted by molar-refractivity contribution is 5.94. The third kappa shape index (κ3) is 5.79. The molecule has 4 rings (SSSR count). The van der Waals surface area contributed by atoms with E-state index in [1.807, 2.05) is 25.1 Å². The van der Waals surface area contributed by atoms with Crippen LogP contribution in [0.25, 0.3) is 10.9 Å². The van der Waals surface area contributed by atoms with Crippen molar-refractivity contribution < 1.29 is 19.1 Å². The molecule has 3 amide bonds. The van der Waals surface area contributed by atoms with Crippen LogP contribution in [0.2, 0.25) is 0 Å². The summed E-state index contributed by atoms with van der Waals surface area (Å²) in [6.45, 7) is 9.17. The van der Waals surface area contributed by atoms with Crippen LogP contribution in [0, 0.1) is 0 Å². The lowest BCUT2D eigenvalue weighted by Gasteiger charge is -2.36. The quantitative estimate of drug-likeness (QED) is 0.614. The number of carbonyl (C=O) groups is 3. The molecule has 3 aromatic rings. The van der Waals surface area contributed by atoms with Crippen molar-refractivity contribution in [2.75, 3.05) is 31.5 Å². The zero-order valence-electron chi connectivity index (χ0n) is 20.5. The Morgan fingerprint density at radius 2 is 1.63 bits per heavy atom. The summed E-state index contributed by atoms with van der Waals surface area (Å²) in [5.74, 6) is -0.0587. The highest BCUT2D eigenvalue weighted by atomic mass is 16.6. The van der Waals surface area contributed by atoms with Crippen molar-refractivity contribution in [2.45, 2.75) is 39.3 Å². The lowest BCUT2D eigenvalue weighted by atomic mass is 10.1. The van der Waals surface area contributed by atoms with Gasteiger partial charge in [0.05, 0.1) is 5.52 Å². The predicted octanol–water partition coefficient (Wildman–Crippen LogP) is 3.93. The first-order valence-corrected chi connectivity index (χ1v) is 11.7. The Morgan fingerprint density at radius 1 is 0.971 bits per heavy atom. The first-order chi connectivity index (χ1) is 16.6. The molecule has 1 aliphatic rings. The molecule has 9 nitrogen and oxygen atoms in total. The molecule has 1 atom stereocenters. The van der Waals surface area contributed by atoms with Crippen molar-refractivity contribution in [2.24, 2.45) is 0 Å². The van der Waals surface area contributed by atoms with Gasteiger partial charge in [0.15, 0.2) is 0 Å². The predicted molar refractivity (Wildman–Crippen MR) is 133 cm³/mol. The minimum absolute atomic E-state index is 0.0140. The number of nitrogens with one attached hydrogen (secondary N) is 1. The van der Waals surface area contributed by atoms with Gasteiger partial charge in [-0.25, -0.2) is 4.79 Å². The average Bonchev–Trinajstić information content (AvgIpc) is 3.25. The maximum absolute atomic E-state index is 13.2. The number of fused-ring (bicyclic) bond motifs is 1. The van der Waals surface area contributed by atoms with Gasteiger partial charge in [-0.15, -0.1) is 0 Å². The summed E-state index contributed by atoms with van der Waals surface area (Å²) < 4.78 is 6.94. The molecule has 0 aliphatic carbocycles. The Bertz CT molecular complexity index is 1220. The average molecular weight is 478 g/mol. The van der Waals surface area contributed by atoms with Crippen molar-refractivity contribution >= 4 is 34.5 Å². The maximum Gasteiger partial charge on any atom is 0.412 e. The van der Waals surface area contributed by atoms with E-state index in [1.165, 1.54) is 0 Å². The van der Waals surface area contributed by atoms with Gasteiger partial charge in [0.2, 0.25) is 5.91 Å². The Balaban J connectivity index is 1.38. The number of ether oxygens (including phenoxy) is 1.